The number of esters is 4. The van der Waals surface area contributed by atoms with Gasteiger partial charge in [-0.25, -0.2) is 9.13 Å². The summed E-state index contributed by atoms with van der Waals surface area (Å²) in [5.74, 6) is -1.32. The Balaban J connectivity index is 5.22. The number of carbonyl (C=O) groups is 4. The molecular weight excluding hydrogens is 1260 g/mol. The Hall–Kier alpha value is -1.94. The van der Waals surface area contributed by atoms with E-state index in [1.807, 2.05) is 0 Å². The van der Waals surface area contributed by atoms with Crippen LogP contribution in [0, 0.1) is 5.92 Å². The van der Waals surface area contributed by atoms with E-state index in [2.05, 4.69) is 34.6 Å². The van der Waals surface area contributed by atoms with Crippen molar-refractivity contribution in [2.75, 3.05) is 39.6 Å². The van der Waals surface area contributed by atoms with Crippen molar-refractivity contribution in [2.24, 2.45) is 5.92 Å². The van der Waals surface area contributed by atoms with Gasteiger partial charge in [-0.2, -0.15) is 0 Å². The Morgan fingerprint density at radius 1 is 0.281 bits per heavy atom. The maximum Gasteiger partial charge on any atom is 0.472 e. The van der Waals surface area contributed by atoms with Gasteiger partial charge in [0.15, 0.2) is 12.2 Å². The Labute approximate surface area is 588 Å². The third-order valence-corrected chi connectivity index (χ3v) is 19.9. The monoisotopic (exact) mass is 1410 g/mol. The third kappa shape index (κ3) is 70.5. The highest BCUT2D eigenvalue weighted by atomic mass is 31.2. The third-order valence-electron chi connectivity index (χ3n) is 18.0. The van der Waals surface area contributed by atoms with Crippen molar-refractivity contribution in [3.05, 3.63) is 0 Å². The normalized spacial score (nSPS) is 13.9. The van der Waals surface area contributed by atoms with Crippen LogP contribution < -0.4 is 0 Å². The van der Waals surface area contributed by atoms with E-state index in [0.29, 0.717) is 25.7 Å². The Kier molecular flexibility index (Phi) is 68.7. The zero-order valence-corrected chi connectivity index (χ0v) is 64.3. The number of hydrogen-bond donors (Lipinski definition) is 3. The number of rotatable bonds is 77. The topological polar surface area (TPSA) is 237 Å². The first-order valence-corrected chi connectivity index (χ1v) is 43.1. The van der Waals surface area contributed by atoms with E-state index in [1.165, 1.54) is 231 Å². The molecule has 570 valence electrons. The van der Waals surface area contributed by atoms with E-state index >= 15 is 0 Å². The van der Waals surface area contributed by atoms with Crippen LogP contribution in [0.25, 0.3) is 0 Å². The van der Waals surface area contributed by atoms with Crippen LogP contribution in [0.15, 0.2) is 0 Å². The molecule has 0 aromatic carbocycles. The van der Waals surface area contributed by atoms with E-state index in [4.69, 9.17) is 37.0 Å². The molecule has 19 heteroatoms. The van der Waals surface area contributed by atoms with E-state index in [-0.39, 0.29) is 25.7 Å². The molecule has 3 N–H and O–H groups in total. The summed E-state index contributed by atoms with van der Waals surface area (Å²) in [7, 11) is -9.91. The molecule has 0 aromatic heterocycles. The minimum absolute atomic E-state index is 0.108. The van der Waals surface area contributed by atoms with Crippen molar-refractivity contribution in [3.63, 3.8) is 0 Å². The molecule has 0 saturated heterocycles. The van der Waals surface area contributed by atoms with Crippen LogP contribution in [0.4, 0.5) is 0 Å². The molecule has 0 saturated carbocycles. The molecule has 0 aliphatic rings. The van der Waals surface area contributed by atoms with Gasteiger partial charge in [-0.1, -0.05) is 356 Å². The number of phosphoric acid groups is 2. The molecule has 96 heavy (non-hydrogen) atoms. The number of unbranched alkanes of at least 4 members (excludes halogenated alkanes) is 49. The minimum Gasteiger partial charge on any atom is -0.462 e. The minimum atomic E-state index is -4.96. The van der Waals surface area contributed by atoms with Gasteiger partial charge in [-0.3, -0.25) is 37.3 Å². The zero-order valence-electron chi connectivity index (χ0n) is 62.5. The van der Waals surface area contributed by atoms with Crippen molar-refractivity contribution in [3.8, 4) is 0 Å². The van der Waals surface area contributed by atoms with E-state index in [9.17, 15) is 43.2 Å². The van der Waals surface area contributed by atoms with E-state index in [0.717, 1.165) is 95.8 Å². The maximum absolute atomic E-state index is 13.1. The molecule has 0 bridgehead atoms. The number of aliphatic hydroxyl groups excluding tert-OH is 1. The molecule has 0 radical (unpaired) electrons. The number of ether oxygens (including phenoxy) is 4. The lowest BCUT2D eigenvalue weighted by molar-refractivity contribution is -0.161. The molecule has 0 aliphatic heterocycles. The fraction of sp³-hybridized carbons (Fsp3) is 0.948. The molecule has 0 aliphatic carbocycles. The molecule has 17 nitrogen and oxygen atoms in total. The molecule has 0 heterocycles. The van der Waals surface area contributed by atoms with Gasteiger partial charge in [0.25, 0.3) is 0 Å². The van der Waals surface area contributed by atoms with Crippen molar-refractivity contribution in [1.29, 1.82) is 0 Å². The number of aliphatic hydroxyl groups is 1. The molecule has 0 fully saturated rings. The van der Waals surface area contributed by atoms with Crippen molar-refractivity contribution in [2.45, 2.75) is 425 Å². The number of hydrogen-bond acceptors (Lipinski definition) is 15. The van der Waals surface area contributed by atoms with Crippen LogP contribution in [0.5, 0.6) is 0 Å². The van der Waals surface area contributed by atoms with Gasteiger partial charge in [-0.05, 0) is 31.6 Å². The predicted octanol–water partition coefficient (Wildman–Crippen LogP) is 22.9. The summed E-state index contributed by atoms with van der Waals surface area (Å²) in [5, 5.41) is 10.6. The summed E-state index contributed by atoms with van der Waals surface area (Å²) >= 11 is 0. The van der Waals surface area contributed by atoms with Crippen LogP contribution in [-0.2, 0) is 65.4 Å². The van der Waals surface area contributed by atoms with Crippen molar-refractivity contribution in [1.82, 2.24) is 0 Å². The molecule has 0 rings (SSSR count). The SMILES string of the molecule is CCCCCCCCCCCCCCCCCCCCC(=O)O[C@H](COC(=O)CCCCCCCCCCCCCCCC(C)C)COP(=O)(O)OC[C@@H](O)COP(=O)(O)OC[C@@H](COC(=O)CCCCCCCCCCC)OC(=O)CCCCCCCCCCCCCCC. The highest BCUT2D eigenvalue weighted by molar-refractivity contribution is 7.47. The summed E-state index contributed by atoms with van der Waals surface area (Å²) in [6.07, 6.45) is 59.6. The highest BCUT2D eigenvalue weighted by Crippen LogP contribution is 2.45. The lowest BCUT2D eigenvalue weighted by atomic mass is 10.0. The number of phosphoric ester groups is 2. The van der Waals surface area contributed by atoms with Crippen molar-refractivity contribution >= 4 is 39.5 Å². The van der Waals surface area contributed by atoms with Gasteiger partial charge in [0.2, 0.25) is 0 Å². The van der Waals surface area contributed by atoms with Gasteiger partial charge in [0.1, 0.15) is 19.3 Å². The summed E-state index contributed by atoms with van der Waals surface area (Å²) < 4.78 is 68.5. The molecule has 0 amide bonds. The molecule has 0 spiro atoms. The van der Waals surface area contributed by atoms with Crippen LogP contribution in [0.2, 0.25) is 0 Å². The largest absolute Gasteiger partial charge is 0.472 e. The van der Waals surface area contributed by atoms with E-state index in [1.54, 1.807) is 0 Å². The maximum atomic E-state index is 13.1. The van der Waals surface area contributed by atoms with Crippen LogP contribution >= 0.6 is 15.6 Å². The summed E-state index contributed by atoms with van der Waals surface area (Å²) in [6, 6.07) is 0. The van der Waals surface area contributed by atoms with Gasteiger partial charge in [0.05, 0.1) is 26.4 Å². The van der Waals surface area contributed by atoms with Gasteiger partial charge in [0, 0.05) is 25.7 Å². The van der Waals surface area contributed by atoms with Crippen LogP contribution in [-0.4, -0.2) is 96.7 Å². The van der Waals surface area contributed by atoms with E-state index < -0.39 is 97.5 Å². The molecule has 2 unspecified atom stereocenters. The molecule has 5 atom stereocenters. The van der Waals surface area contributed by atoms with Gasteiger partial charge >= 0.3 is 39.5 Å². The standard InChI is InChI=1S/C77H150O17P2/c1-6-9-12-15-18-21-23-25-26-27-28-29-33-38-43-48-53-58-63-77(82)94-73(67-88-75(80)61-56-51-46-41-36-34-30-32-35-40-44-49-54-59-70(4)5)69-92-96(85,86)90-65-71(78)64-89-95(83,84)91-68-72(66-87-74(79)60-55-50-45-39-20-17-14-11-8-3)93-76(81)62-57-52-47-42-37-31-24-22-19-16-13-10-7-2/h70-73,78H,6-69H2,1-5H3,(H,83,84)(H,85,86)/t71-,72+,73+/m0/s1. The van der Waals surface area contributed by atoms with Crippen molar-refractivity contribution < 1.29 is 80.2 Å². The first-order valence-electron chi connectivity index (χ1n) is 40.1. The average Bonchev–Trinajstić information content (AvgIpc) is 1.83. The fourth-order valence-electron chi connectivity index (χ4n) is 11.9. The number of carbonyl (C=O) groups excluding carboxylic acids is 4. The Morgan fingerprint density at radius 2 is 0.479 bits per heavy atom. The quantitative estimate of drug-likeness (QED) is 0.0222. The second-order valence-corrected chi connectivity index (χ2v) is 31.1. The van der Waals surface area contributed by atoms with Gasteiger partial charge < -0.3 is 33.8 Å². The Bertz CT molecular complexity index is 1840. The summed E-state index contributed by atoms with van der Waals surface area (Å²) in [5.41, 5.74) is 0. The zero-order chi connectivity index (χ0) is 70.5. The van der Waals surface area contributed by atoms with Crippen LogP contribution in [0.3, 0.4) is 0 Å². The summed E-state index contributed by atoms with van der Waals surface area (Å²) in [4.78, 5) is 72.8. The van der Waals surface area contributed by atoms with Crippen LogP contribution in [0.1, 0.15) is 407 Å². The second kappa shape index (κ2) is 70.1. The summed E-state index contributed by atoms with van der Waals surface area (Å²) in [6.45, 7) is 7.31. The Morgan fingerprint density at radius 3 is 0.708 bits per heavy atom. The lowest BCUT2D eigenvalue weighted by Gasteiger charge is -2.21. The van der Waals surface area contributed by atoms with Gasteiger partial charge in [-0.15, -0.1) is 0 Å². The highest BCUT2D eigenvalue weighted by Gasteiger charge is 2.30. The second-order valence-electron chi connectivity index (χ2n) is 28.2. The lowest BCUT2D eigenvalue weighted by Crippen LogP contribution is -2.30. The first-order chi connectivity index (χ1) is 46.5. The fourth-order valence-corrected chi connectivity index (χ4v) is 13.5. The first kappa shape index (κ1) is 94.1. The molecule has 0 aromatic rings. The molecular formula is C77H150O17P2. The predicted molar refractivity (Wildman–Crippen MR) is 391 cm³/mol. The average molecular weight is 1410 g/mol. The smallest absolute Gasteiger partial charge is 0.462 e.